The van der Waals surface area contributed by atoms with Gasteiger partial charge in [0.15, 0.2) is 0 Å². The molecule has 0 unspecified atom stereocenters. The van der Waals surface area contributed by atoms with Gasteiger partial charge in [0.25, 0.3) is 0 Å². The van der Waals surface area contributed by atoms with Crippen molar-refractivity contribution in [3.63, 3.8) is 0 Å². The number of anilines is 1. The number of nitrogens with zero attached hydrogens (tertiary/aromatic N) is 5. The Morgan fingerprint density at radius 3 is 2.84 bits per heavy atom. The predicted octanol–water partition coefficient (Wildman–Crippen LogP) is 2.44. The van der Waals surface area contributed by atoms with Crippen molar-refractivity contribution >= 4 is 34.4 Å². The quantitative estimate of drug-likeness (QED) is 0.490. The topological polar surface area (TPSA) is 85.0 Å². The third-order valence-corrected chi connectivity index (χ3v) is 3.47. The summed E-state index contributed by atoms with van der Waals surface area (Å²) >= 11 is 7.27. The fourth-order valence-corrected chi connectivity index (χ4v) is 2.38. The molecule has 7 nitrogen and oxygen atoms in total. The molecule has 2 rings (SSSR count). The van der Waals surface area contributed by atoms with Gasteiger partial charge in [-0.15, -0.1) is 11.3 Å². The van der Waals surface area contributed by atoms with Gasteiger partial charge in [-0.25, -0.2) is 15.0 Å². The first-order valence-corrected chi connectivity index (χ1v) is 6.52. The smallest absolute Gasteiger partial charge is 0.348 e. The van der Waals surface area contributed by atoms with E-state index in [1.165, 1.54) is 17.7 Å². The first-order valence-electron chi connectivity index (χ1n) is 5.26. The van der Waals surface area contributed by atoms with Crippen LogP contribution in [0.15, 0.2) is 11.7 Å². The molecule has 100 valence electrons. The van der Waals surface area contributed by atoms with Gasteiger partial charge in [0.1, 0.15) is 6.33 Å². The van der Waals surface area contributed by atoms with E-state index < -0.39 is 4.92 Å². The monoisotopic (exact) mass is 299 g/mol. The third kappa shape index (κ3) is 2.96. The summed E-state index contributed by atoms with van der Waals surface area (Å²) in [5.74, 6) is 0.177. The minimum absolute atomic E-state index is 0.170. The van der Waals surface area contributed by atoms with Gasteiger partial charge in [-0.2, -0.15) is 0 Å². The molecular formula is C10H10ClN5O2S. The van der Waals surface area contributed by atoms with Crippen LogP contribution in [0.5, 0.6) is 0 Å². The van der Waals surface area contributed by atoms with Crippen molar-refractivity contribution in [1.82, 2.24) is 15.0 Å². The molecule has 0 aliphatic carbocycles. The number of halogens is 1. The lowest BCUT2D eigenvalue weighted by atomic mass is 10.4. The van der Waals surface area contributed by atoms with Crippen molar-refractivity contribution in [2.24, 2.45) is 0 Å². The molecule has 0 aliphatic heterocycles. The summed E-state index contributed by atoms with van der Waals surface area (Å²) in [4.78, 5) is 23.9. The highest BCUT2D eigenvalue weighted by atomic mass is 35.5. The van der Waals surface area contributed by atoms with Gasteiger partial charge in [-0.3, -0.25) is 10.1 Å². The number of rotatable bonds is 4. The molecular weight excluding hydrogens is 290 g/mol. The largest absolute Gasteiger partial charge is 0.348 e. The molecule has 0 N–H and O–H groups in total. The van der Waals surface area contributed by atoms with Crippen LogP contribution in [0.4, 0.5) is 11.5 Å². The zero-order valence-electron chi connectivity index (χ0n) is 10.2. The van der Waals surface area contributed by atoms with Crippen LogP contribution in [0.2, 0.25) is 5.15 Å². The molecule has 0 spiro atoms. The molecule has 0 saturated carbocycles. The van der Waals surface area contributed by atoms with Gasteiger partial charge in [-0.05, 0) is 6.92 Å². The van der Waals surface area contributed by atoms with Crippen molar-refractivity contribution in [2.75, 3.05) is 11.9 Å². The Bertz CT molecular complexity index is 618. The Morgan fingerprint density at radius 1 is 1.53 bits per heavy atom. The summed E-state index contributed by atoms with van der Waals surface area (Å²) in [6.45, 7) is 2.32. The van der Waals surface area contributed by atoms with Crippen LogP contribution < -0.4 is 4.90 Å². The van der Waals surface area contributed by atoms with Crippen LogP contribution in [0.3, 0.4) is 0 Å². The summed E-state index contributed by atoms with van der Waals surface area (Å²) < 4.78 is 0. The maximum absolute atomic E-state index is 11.0. The summed E-state index contributed by atoms with van der Waals surface area (Å²) in [6.07, 6.45) is 1.20. The molecule has 0 atom stereocenters. The van der Waals surface area contributed by atoms with E-state index in [9.17, 15) is 10.1 Å². The van der Waals surface area contributed by atoms with E-state index >= 15 is 0 Å². The van der Waals surface area contributed by atoms with E-state index in [-0.39, 0.29) is 16.7 Å². The Balaban J connectivity index is 2.31. The SMILES string of the molecule is Cc1nc(CN(C)c2ncnc(Cl)c2[N+](=O)[O-])cs1. The molecule has 2 aromatic rings. The molecule has 0 fully saturated rings. The normalized spacial score (nSPS) is 10.5. The second kappa shape index (κ2) is 5.45. The molecule has 2 heterocycles. The maximum Gasteiger partial charge on any atom is 0.348 e. The van der Waals surface area contributed by atoms with Crippen molar-refractivity contribution in [2.45, 2.75) is 13.5 Å². The Kier molecular flexibility index (Phi) is 3.91. The fraction of sp³-hybridized carbons (Fsp3) is 0.300. The van der Waals surface area contributed by atoms with Crippen LogP contribution in [0.25, 0.3) is 0 Å². The first kappa shape index (κ1) is 13.6. The lowest BCUT2D eigenvalue weighted by Crippen LogP contribution is -2.19. The number of aryl methyl sites for hydroxylation is 1. The van der Waals surface area contributed by atoms with Gasteiger partial charge in [0.05, 0.1) is 22.2 Å². The Morgan fingerprint density at radius 2 is 2.26 bits per heavy atom. The third-order valence-electron chi connectivity index (χ3n) is 2.37. The van der Waals surface area contributed by atoms with Crippen molar-refractivity contribution in [1.29, 1.82) is 0 Å². The zero-order chi connectivity index (χ0) is 14.0. The highest BCUT2D eigenvalue weighted by Gasteiger charge is 2.24. The highest BCUT2D eigenvalue weighted by molar-refractivity contribution is 7.09. The number of hydrogen-bond acceptors (Lipinski definition) is 7. The Labute approximate surface area is 118 Å². The van der Waals surface area contributed by atoms with Gasteiger partial charge >= 0.3 is 5.69 Å². The highest BCUT2D eigenvalue weighted by Crippen LogP contribution is 2.31. The van der Waals surface area contributed by atoms with Crippen LogP contribution in [-0.2, 0) is 6.54 Å². The van der Waals surface area contributed by atoms with E-state index in [0.29, 0.717) is 6.54 Å². The van der Waals surface area contributed by atoms with Gasteiger partial charge in [0, 0.05) is 12.4 Å². The van der Waals surface area contributed by atoms with E-state index in [4.69, 9.17) is 11.6 Å². The lowest BCUT2D eigenvalue weighted by Gasteiger charge is -2.16. The van der Waals surface area contributed by atoms with Crippen LogP contribution in [0, 0.1) is 17.0 Å². The van der Waals surface area contributed by atoms with Crippen LogP contribution >= 0.6 is 22.9 Å². The predicted molar refractivity (Wildman–Crippen MR) is 72.7 cm³/mol. The number of nitro groups is 1. The minimum atomic E-state index is -0.583. The summed E-state index contributed by atoms with van der Waals surface area (Å²) in [6, 6.07) is 0. The average molecular weight is 300 g/mol. The van der Waals surface area contributed by atoms with Gasteiger partial charge in [0.2, 0.25) is 11.0 Å². The Hall–Kier alpha value is -1.80. The zero-order valence-corrected chi connectivity index (χ0v) is 11.8. The summed E-state index contributed by atoms with van der Waals surface area (Å²) in [5, 5.41) is 13.7. The maximum atomic E-state index is 11.0. The van der Waals surface area contributed by atoms with Crippen molar-refractivity contribution in [3.05, 3.63) is 37.7 Å². The number of hydrogen-bond donors (Lipinski definition) is 0. The molecule has 0 aromatic carbocycles. The van der Waals surface area contributed by atoms with Crippen LogP contribution in [0.1, 0.15) is 10.7 Å². The van der Waals surface area contributed by atoms with E-state index in [0.717, 1.165) is 10.7 Å². The first-order chi connectivity index (χ1) is 8.99. The van der Waals surface area contributed by atoms with E-state index in [2.05, 4.69) is 15.0 Å². The second-order valence-electron chi connectivity index (χ2n) is 3.81. The molecule has 0 radical (unpaired) electrons. The van der Waals surface area contributed by atoms with Crippen molar-refractivity contribution in [3.8, 4) is 0 Å². The molecule has 0 aliphatic rings. The summed E-state index contributed by atoms with van der Waals surface area (Å²) in [7, 11) is 1.69. The molecule has 0 saturated heterocycles. The molecule has 19 heavy (non-hydrogen) atoms. The van der Waals surface area contributed by atoms with Gasteiger partial charge < -0.3 is 4.90 Å². The number of aromatic nitrogens is 3. The second-order valence-corrected chi connectivity index (χ2v) is 5.23. The summed E-state index contributed by atoms with van der Waals surface area (Å²) in [5.41, 5.74) is 0.535. The molecule has 2 aromatic heterocycles. The van der Waals surface area contributed by atoms with Gasteiger partial charge in [-0.1, -0.05) is 11.6 Å². The molecule has 9 heteroatoms. The van der Waals surface area contributed by atoms with E-state index in [1.54, 1.807) is 11.9 Å². The van der Waals surface area contributed by atoms with Crippen LogP contribution in [-0.4, -0.2) is 26.9 Å². The minimum Gasteiger partial charge on any atom is -0.348 e. The molecule has 0 amide bonds. The molecule has 0 bridgehead atoms. The average Bonchev–Trinajstić information content (AvgIpc) is 2.73. The number of thiazole rings is 1. The standard InChI is InChI=1S/C10H10ClN5O2S/c1-6-14-7(4-19-6)3-15(2)10-8(16(17)18)9(11)12-5-13-10/h4-5H,3H2,1-2H3. The fourth-order valence-electron chi connectivity index (χ4n) is 1.58. The lowest BCUT2D eigenvalue weighted by molar-refractivity contribution is -0.384. The van der Waals surface area contributed by atoms with E-state index in [1.807, 2.05) is 12.3 Å². The van der Waals surface area contributed by atoms with Crippen molar-refractivity contribution < 1.29 is 4.92 Å².